The lowest BCUT2D eigenvalue weighted by Gasteiger charge is -2.64. The third kappa shape index (κ3) is 3.52. The molecule has 2 N–H and O–H groups in total. The number of carbonyl (C=O) groups excluding carboxylic acids is 1. The fourth-order valence-corrected chi connectivity index (χ4v) is 8.56. The molecule has 2 bridgehead atoms. The van der Waals surface area contributed by atoms with Gasteiger partial charge < -0.3 is 19.8 Å². The van der Waals surface area contributed by atoms with Crippen LogP contribution in [-0.2, 0) is 16.6 Å². The Morgan fingerprint density at radius 1 is 1.18 bits per heavy atom. The second-order valence-corrected chi connectivity index (χ2v) is 13.6. The standard InChI is InChI=1S/C30H32Br2N2O4/c1-33(25(36)9-5-17-4-7-20(31)21(32)14-17)22-10-11-30(37)24-15-19-6-8-23(35)27-26(19)29(30,28(22)38-27)12-13-34(24)16-18-2-3-18/h4-9,14,18,22,24,28,35,37H,2-3,10-13,15-16H2,1H3/t22-,24-,28+,29+,30-/m1/s1. The molecule has 7 rings (SSSR count). The summed E-state index contributed by atoms with van der Waals surface area (Å²) in [6, 6.07) is 9.44. The van der Waals surface area contributed by atoms with Crippen molar-refractivity contribution in [2.45, 2.75) is 67.7 Å². The van der Waals surface area contributed by atoms with E-state index >= 15 is 0 Å². The minimum atomic E-state index is -0.948. The van der Waals surface area contributed by atoms with Crippen LogP contribution in [0.3, 0.4) is 0 Å². The smallest absolute Gasteiger partial charge is 0.246 e. The number of ether oxygens (including phenoxy) is 1. The van der Waals surface area contributed by atoms with Gasteiger partial charge in [0.2, 0.25) is 5.91 Å². The topological polar surface area (TPSA) is 73.2 Å². The van der Waals surface area contributed by atoms with Crippen molar-refractivity contribution in [3.63, 3.8) is 0 Å². The molecular formula is C30H32Br2N2O4. The van der Waals surface area contributed by atoms with E-state index in [0.717, 1.165) is 51.9 Å². The van der Waals surface area contributed by atoms with E-state index < -0.39 is 17.1 Å². The lowest BCUT2D eigenvalue weighted by atomic mass is 9.48. The molecule has 6 nitrogen and oxygen atoms in total. The van der Waals surface area contributed by atoms with Crippen molar-refractivity contribution >= 4 is 43.8 Å². The van der Waals surface area contributed by atoms with Crippen LogP contribution in [0.4, 0.5) is 0 Å². The largest absolute Gasteiger partial charge is 0.504 e. The van der Waals surface area contributed by atoms with Crippen LogP contribution in [0.15, 0.2) is 45.4 Å². The first-order chi connectivity index (χ1) is 18.2. The van der Waals surface area contributed by atoms with Crippen molar-refractivity contribution < 1.29 is 19.7 Å². The summed E-state index contributed by atoms with van der Waals surface area (Å²) in [4.78, 5) is 17.7. The number of phenols is 1. The molecule has 2 aromatic rings. The normalized spacial score (nSPS) is 33.2. The van der Waals surface area contributed by atoms with Gasteiger partial charge in [0.05, 0.1) is 17.1 Å². The van der Waals surface area contributed by atoms with Gasteiger partial charge in [0, 0.05) is 40.2 Å². The number of nitrogens with zero attached hydrogens (tertiary/aromatic N) is 2. The number of carbonyl (C=O) groups is 1. The van der Waals surface area contributed by atoms with Crippen LogP contribution in [0.25, 0.3) is 6.08 Å². The molecule has 2 aliphatic heterocycles. The summed E-state index contributed by atoms with van der Waals surface area (Å²) in [5, 5.41) is 23.5. The van der Waals surface area contributed by atoms with E-state index in [1.807, 2.05) is 37.4 Å². The van der Waals surface area contributed by atoms with Crippen molar-refractivity contribution in [1.29, 1.82) is 0 Å². The minimum Gasteiger partial charge on any atom is -0.504 e. The number of benzene rings is 2. The zero-order valence-electron chi connectivity index (χ0n) is 21.4. The summed E-state index contributed by atoms with van der Waals surface area (Å²) in [5.41, 5.74) is 1.52. The van der Waals surface area contributed by atoms with Crippen LogP contribution in [0, 0.1) is 5.92 Å². The molecular weight excluding hydrogens is 612 g/mol. The molecule has 200 valence electrons. The Morgan fingerprint density at radius 2 is 2.00 bits per heavy atom. The number of likely N-dealkylation sites (N-methyl/N-ethyl adjacent to an activating group) is 1. The van der Waals surface area contributed by atoms with Gasteiger partial charge in [0.15, 0.2) is 11.5 Å². The van der Waals surface area contributed by atoms with Crippen molar-refractivity contribution in [1.82, 2.24) is 9.80 Å². The average molecular weight is 644 g/mol. The van der Waals surface area contributed by atoms with Gasteiger partial charge >= 0.3 is 0 Å². The van der Waals surface area contributed by atoms with E-state index in [0.29, 0.717) is 18.6 Å². The van der Waals surface area contributed by atoms with Crippen molar-refractivity contribution in [3.05, 3.63) is 62.0 Å². The van der Waals surface area contributed by atoms with E-state index in [-0.39, 0.29) is 23.7 Å². The second-order valence-electron chi connectivity index (χ2n) is 11.9. The molecule has 5 atom stereocenters. The van der Waals surface area contributed by atoms with Gasteiger partial charge in [-0.2, -0.15) is 0 Å². The van der Waals surface area contributed by atoms with Gasteiger partial charge in [-0.3, -0.25) is 9.69 Å². The first kappa shape index (κ1) is 25.1. The van der Waals surface area contributed by atoms with Crippen molar-refractivity contribution in [2.75, 3.05) is 20.1 Å². The van der Waals surface area contributed by atoms with Gasteiger partial charge in [-0.1, -0.05) is 12.1 Å². The summed E-state index contributed by atoms with van der Waals surface area (Å²) in [6.45, 7) is 1.95. The summed E-state index contributed by atoms with van der Waals surface area (Å²) in [6.07, 6.45) is 8.41. The van der Waals surface area contributed by atoms with E-state index in [4.69, 9.17) is 4.74 Å². The van der Waals surface area contributed by atoms with Gasteiger partial charge in [-0.05, 0) is 118 Å². The van der Waals surface area contributed by atoms with Crippen LogP contribution < -0.4 is 4.74 Å². The average Bonchev–Trinajstić information content (AvgIpc) is 3.64. The highest BCUT2D eigenvalue weighted by atomic mass is 79.9. The number of rotatable bonds is 5. The fourth-order valence-electron chi connectivity index (χ4n) is 7.92. The van der Waals surface area contributed by atoms with Crippen molar-refractivity contribution in [3.8, 4) is 11.5 Å². The maximum absolute atomic E-state index is 13.4. The Balaban J connectivity index is 1.23. The van der Waals surface area contributed by atoms with Gasteiger partial charge in [0.25, 0.3) is 0 Å². The van der Waals surface area contributed by atoms with Gasteiger partial charge in [-0.15, -0.1) is 0 Å². The number of phenolic OH excluding ortho intramolecular Hbond substituents is 1. The van der Waals surface area contributed by atoms with Crippen molar-refractivity contribution in [2.24, 2.45) is 5.92 Å². The lowest BCUT2D eigenvalue weighted by molar-refractivity contribution is -0.200. The quantitative estimate of drug-likeness (QED) is 0.448. The molecule has 0 aromatic heterocycles. The van der Waals surface area contributed by atoms with Crippen LogP contribution >= 0.6 is 31.9 Å². The van der Waals surface area contributed by atoms with Gasteiger partial charge in [-0.25, -0.2) is 0 Å². The monoisotopic (exact) mass is 642 g/mol. The number of piperidine rings is 1. The molecule has 3 fully saturated rings. The fraction of sp³-hybridized carbons (Fsp3) is 0.500. The molecule has 8 heteroatoms. The molecule has 5 aliphatic rings. The van der Waals surface area contributed by atoms with Gasteiger partial charge in [0.1, 0.15) is 6.10 Å². The molecule has 1 saturated heterocycles. The third-order valence-electron chi connectivity index (χ3n) is 9.94. The highest BCUT2D eigenvalue weighted by molar-refractivity contribution is 9.13. The number of likely N-dealkylation sites (tertiary alicyclic amines) is 1. The first-order valence-electron chi connectivity index (χ1n) is 13.6. The number of hydrogen-bond donors (Lipinski definition) is 2. The summed E-state index contributed by atoms with van der Waals surface area (Å²) < 4.78 is 8.51. The Bertz CT molecular complexity index is 1360. The number of aliphatic hydroxyl groups is 1. The first-order valence-corrected chi connectivity index (χ1v) is 15.2. The van der Waals surface area contributed by atoms with E-state index in [1.165, 1.54) is 18.4 Å². The summed E-state index contributed by atoms with van der Waals surface area (Å²) in [7, 11) is 1.84. The molecule has 0 unspecified atom stereocenters. The molecule has 1 amide bonds. The summed E-state index contributed by atoms with van der Waals surface area (Å²) >= 11 is 7.01. The number of aromatic hydroxyl groups is 1. The van der Waals surface area contributed by atoms with Crippen LogP contribution in [0.2, 0.25) is 0 Å². The number of halogens is 2. The molecule has 2 aromatic carbocycles. The molecule has 2 saturated carbocycles. The van der Waals surface area contributed by atoms with Crippen LogP contribution in [0.5, 0.6) is 11.5 Å². The predicted molar refractivity (Wildman–Crippen MR) is 152 cm³/mol. The minimum absolute atomic E-state index is 0.0312. The van der Waals surface area contributed by atoms with E-state index in [1.54, 1.807) is 17.0 Å². The molecule has 3 aliphatic carbocycles. The van der Waals surface area contributed by atoms with Crippen LogP contribution in [0.1, 0.15) is 48.8 Å². The molecule has 2 heterocycles. The Morgan fingerprint density at radius 3 is 2.76 bits per heavy atom. The van der Waals surface area contributed by atoms with Crippen LogP contribution in [-0.4, -0.2) is 69.8 Å². The zero-order valence-corrected chi connectivity index (χ0v) is 24.5. The third-order valence-corrected chi connectivity index (χ3v) is 11.8. The molecule has 38 heavy (non-hydrogen) atoms. The SMILES string of the molecule is CN(C(=O)C=Cc1ccc(Br)c(Br)c1)[C@@H]1CC[C@@]2(O)[C@H]3Cc4ccc(O)c5c4[C@@]2(CCN3CC2CC2)[C@H]1O5. The summed E-state index contributed by atoms with van der Waals surface area (Å²) in [5.74, 6) is 1.29. The zero-order chi connectivity index (χ0) is 26.4. The predicted octanol–water partition coefficient (Wildman–Crippen LogP) is 5.02. The van der Waals surface area contributed by atoms with E-state index in [9.17, 15) is 15.0 Å². The van der Waals surface area contributed by atoms with E-state index in [2.05, 4.69) is 36.8 Å². The Kier molecular flexibility index (Phi) is 5.83. The Hall–Kier alpha value is -1.87. The Labute approximate surface area is 239 Å². The lowest BCUT2D eigenvalue weighted by Crippen LogP contribution is -2.78. The molecule has 0 radical (unpaired) electrons. The highest BCUT2D eigenvalue weighted by Gasteiger charge is 2.73. The molecule has 1 spiro atoms. The number of hydrogen-bond acceptors (Lipinski definition) is 5. The number of amides is 1. The maximum atomic E-state index is 13.4. The maximum Gasteiger partial charge on any atom is 0.246 e. The second kappa shape index (κ2) is 8.82. The highest BCUT2D eigenvalue weighted by Crippen LogP contribution is 2.66.